The van der Waals surface area contributed by atoms with Gasteiger partial charge in [-0.05, 0) is 50.3 Å². The van der Waals surface area contributed by atoms with E-state index in [2.05, 4.69) is 29.1 Å². The summed E-state index contributed by atoms with van der Waals surface area (Å²) in [5.41, 5.74) is 0.421. The van der Waals surface area contributed by atoms with Crippen molar-refractivity contribution in [1.82, 2.24) is 5.32 Å². The number of nitrogens with one attached hydrogen (secondary N) is 1. The number of hydrogen-bond donors (Lipinski definition) is 1. The van der Waals surface area contributed by atoms with E-state index in [-0.39, 0.29) is 12.6 Å². The zero-order chi connectivity index (χ0) is 23.3. The SMILES string of the molecule is CCCCCCCC/C=C\CCCCCCCC(=O)NCOc1cccc(C(=O)OC)c1. The number of hydrogen-bond acceptors (Lipinski definition) is 4. The molecular weight excluding hydrogens is 402 g/mol. The van der Waals surface area contributed by atoms with Gasteiger partial charge in [-0.3, -0.25) is 4.79 Å². The predicted octanol–water partition coefficient (Wildman–Crippen LogP) is 6.96. The molecular formula is C27H43NO4. The molecule has 0 aliphatic rings. The Bertz CT molecular complexity index is 657. The van der Waals surface area contributed by atoms with Gasteiger partial charge < -0.3 is 14.8 Å². The summed E-state index contributed by atoms with van der Waals surface area (Å²) >= 11 is 0. The Kier molecular flexibility index (Phi) is 16.8. The maximum atomic E-state index is 11.9. The molecule has 0 fully saturated rings. The van der Waals surface area contributed by atoms with Gasteiger partial charge in [-0.1, -0.05) is 76.5 Å². The summed E-state index contributed by atoms with van der Waals surface area (Å²) in [7, 11) is 1.34. The van der Waals surface area contributed by atoms with Gasteiger partial charge in [0.15, 0.2) is 6.73 Å². The monoisotopic (exact) mass is 445 g/mol. The third-order valence-electron chi connectivity index (χ3n) is 5.43. The van der Waals surface area contributed by atoms with Crippen LogP contribution in [0.25, 0.3) is 0 Å². The number of amides is 1. The van der Waals surface area contributed by atoms with Crippen molar-refractivity contribution >= 4 is 11.9 Å². The van der Waals surface area contributed by atoms with Crippen LogP contribution in [0.2, 0.25) is 0 Å². The van der Waals surface area contributed by atoms with Gasteiger partial charge in [-0.25, -0.2) is 4.79 Å². The molecule has 5 nitrogen and oxygen atoms in total. The van der Waals surface area contributed by atoms with Crippen molar-refractivity contribution < 1.29 is 19.1 Å². The van der Waals surface area contributed by atoms with Gasteiger partial charge in [-0.15, -0.1) is 0 Å². The molecule has 0 saturated heterocycles. The van der Waals surface area contributed by atoms with Gasteiger partial charge in [0.1, 0.15) is 5.75 Å². The molecule has 1 aromatic carbocycles. The van der Waals surface area contributed by atoms with Crippen LogP contribution < -0.4 is 10.1 Å². The molecule has 1 N–H and O–H groups in total. The van der Waals surface area contributed by atoms with Crippen molar-refractivity contribution in [3.05, 3.63) is 42.0 Å². The fourth-order valence-corrected chi connectivity index (χ4v) is 3.48. The molecule has 1 aromatic rings. The second-order valence-electron chi connectivity index (χ2n) is 8.24. The van der Waals surface area contributed by atoms with E-state index in [1.807, 2.05) is 0 Å². The summed E-state index contributed by atoms with van der Waals surface area (Å²) in [5, 5.41) is 2.76. The lowest BCUT2D eigenvalue weighted by atomic mass is 10.1. The van der Waals surface area contributed by atoms with Crippen LogP contribution in [-0.4, -0.2) is 25.7 Å². The first kappa shape index (κ1) is 27.7. The van der Waals surface area contributed by atoms with E-state index in [0.717, 1.165) is 12.8 Å². The molecule has 0 aromatic heterocycles. The Labute approximate surface area is 195 Å². The van der Waals surface area contributed by atoms with E-state index in [1.54, 1.807) is 24.3 Å². The van der Waals surface area contributed by atoms with Crippen LogP contribution in [0.15, 0.2) is 36.4 Å². The van der Waals surface area contributed by atoms with E-state index in [1.165, 1.54) is 77.7 Å². The molecule has 0 saturated carbocycles. The summed E-state index contributed by atoms with van der Waals surface area (Å²) in [4.78, 5) is 23.4. The predicted molar refractivity (Wildman–Crippen MR) is 131 cm³/mol. The number of methoxy groups -OCH3 is 1. The van der Waals surface area contributed by atoms with Gasteiger partial charge in [0.05, 0.1) is 12.7 Å². The molecule has 0 unspecified atom stereocenters. The van der Waals surface area contributed by atoms with E-state index in [0.29, 0.717) is 17.7 Å². The Hall–Kier alpha value is -2.30. The van der Waals surface area contributed by atoms with E-state index in [4.69, 9.17) is 4.74 Å². The fraction of sp³-hybridized carbons (Fsp3) is 0.630. The first-order valence-electron chi connectivity index (χ1n) is 12.4. The average Bonchev–Trinajstić information content (AvgIpc) is 2.81. The number of benzene rings is 1. The number of allylic oxidation sites excluding steroid dienone is 2. The molecule has 0 aliphatic heterocycles. The zero-order valence-corrected chi connectivity index (χ0v) is 20.2. The van der Waals surface area contributed by atoms with Gasteiger partial charge in [0.25, 0.3) is 0 Å². The fourth-order valence-electron chi connectivity index (χ4n) is 3.48. The number of esters is 1. The molecule has 1 amide bonds. The lowest BCUT2D eigenvalue weighted by Crippen LogP contribution is -2.27. The van der Waals surface area contributed by atoms with Crippen LogP contribution in [0, 0.1) is 0 Å². The first-order chi connectivity index (χ1) is 15.7. The Morgan fingerprint density at radius 1 is 0.875 bits per heavy atom. The van der Waals surface area contributed by atoms with Crippen LogP contribution in [0.3, 0.4) is 0 Å². The van der Waals surface area contributed by atoms with Crippen LogP contribution >= 0.6 is 0 Å². The minimum Gasteiger partial charge on any atom is -0.473 e. The molecule has 0 aliphatic carbocycles. The van der Waals surface area contributed by atoms with E-state index >= 15 is 0 Å². The standard InChI is InChI=1S/C27H43NO4/c1-3-4-5-6-7-8-9-10-11-12-13-14-15-16-17-21-26(29)28-23-32-25-20-18-19-24(22-25)27(30)31-2/h10-11,18-20,22H,3-9,12-17,21,23H2,1-2H3,(H,28,29)/b11-10-. The van der Waals surface area contributed by atoms with Gasteiger partial charge in [0, 0.05) is 6.42 Å². The summed E-state index contributed by atoms with van der Waals surface area (Å²) in [6, 6.07) is 6.71. The second kappa shape index (κ2) is 19.4. The van der Waals surface area contributed by atoms with E-state index in [9.17, 15) is 9.59 Å². The Morgan fingerprint density at radius 2 is 1.50 bits per heavy atom. The molecule has 5 heteroatoms. The molecule has 180 valence electrons. The largest absolute Gasteiger partial charge is 0.473 e. The highest BCUT2D eigenvalue weighted by atomic mass is 16.5. The number of ether oxygens (including phenoxy) is 2. The highest BCUT2D eigenvalue weighted by Crippen LogP contribution is 2.14. The molecule has 0 radical (unpaired) electrons. The van der Waals surface area contributed by atoms with Gasteiger partial charge in [-0.2, -0.15) is 0 Å². The zero-order valence-electron chi connectivity index (χ0n) is 20.2. The summed E-state index contributed by atoms with van der Waals surface area (Å²) in [5.74, 6) is 0.102. The Balaban J connectivity index is 1.93. The summed E-state index contributed by atoms with van der Waals surface area (Å²) in [6.07, 6.45) is 21.4. The maximum Gasteiger partial charge on any atom is 0.337 e. The topological polar surface area (TPSA) is 64.6 Å². The van der Waals surface area contributed by atoms with Gasteiger partial charge >= 0.3 is 5.97 Å². The molecule has 32 heavy (non-hydrogen) atoms. The molecule has 0 atom stereocenters. The lowest BCUT2D eigenvalue weighted by Gasteiger charge is -2.09. The van der Waals surface area contributed by atoms with Crippen molar-refractivity contribution in [3.8, 4) is 5.75 Å². The molecule has 1 rings (SSSR count). The third-order valence-corrected chi connectivity index (χ3v) is 5.43. The van der Waals surface area contributed by atoms with Crippen LogP contribution in [0.1, 0.15) is 107 Å². The smallest absolute Gasteiger partial charge is 0.337 e. The average molecular weight is 446 g/mol. The van der Waals surface area contributed by atoms with Crippen molar-refractivity contribution in [3.63, 3.8) is 0 Å². The third kappa shape index (κ3) is 14.7. The minimum atomic E-state index is -0.413. The van der Waals surface area contributed by atoms with Crippen molar-refractivity contribution in [2.24, 2.45) is 0 Å². The molecule has 0 spiro atoms. The van der Waals surface area contributed by atoms with Crippen molar-refractivity contribution in [1.29, 1.82) is 0 Å². The van der Waals surface area contributed by atoms with Crippen LogP contribution in [-0.2, 0) is 9.53 Å². The number of carbonyl (C=O) groups is 2. The van der Waals surface area contributed by atoms with Crippen molar-refractivity contribution in [2.75, 3.05) is 13.8 Å². The maximum absolute atomic E-state index is 11.9. The highest BCUT2D eigenvalue weighted by molar-refractivity contribution is 5.89. The Morgan fingerprint density at radius 3 is 2.16 bits per heavy atom. The second-order valence-corrected chi connectivity index (χ2v) is 8.24. The normalized spacial score (nSPS) is 10.9. The number of unbranched alkanes of at least 4 members (excludes halogenated alkanes) is 11. The first-order valence-corrected chi connectivity index (χ1v) is 12.4. The summed E-state index contributed by atoms with van der Waals surface area (Å²) < 4.78 is 10.2. The van der Waals surface area contributed by atoms with Crippen LogP contribution in [0.4, 0.5) is 0 Å². The minimum absolute atomic E-state index is 0.00764. The van der Waals surface area contributed by atoms with Gasteiger partial charge in [0.2, 0.25) is 5.91 Å². The molecule has 0 bridgehead atoms. The number of carbonyl (C=O) groups excluding carboxylic acids is 2. The highest BCUT2D eigenvalue weighted by Gasteiger charge is 2.06. The quantitative estimate of drug-likeness (QED) is 0.108. The van der Waals surface area contributed by atoms with Crippen LogP contribution in [0.5, 0.6) is 5.75 Å². The lowest BCUT2D eigenvalue weighted by molar-refractivity contribution is -0.122. The number of rotatable bonds is 19. The van der Waals surface area contributed by atoms with E-state index < -0.39 is 5.97 Å². The van der Waals surface area contributed by atoms with Crippen molar-refractivity contribution in [2.45, 2.75) is 96.8 Å². The molecule has 0 heterocycles. The summed E-state index contributed by atoms with van der Waals surface area (Å²) in [6.45, 7) is 2.35.